The average molecular weight is 153 g/mol. The van der Waals surface area contributed by atoms with Crippen molar-refractivity contribution in [1.29, 1.82) is 0 Å². The molecule has 0 bridgehead atoms. The quantitative estimate of drug-likeness (QED) is 0.602. The van der Waals surface area contributed by atoms with E-state index in [2.05, 4.69) is 12.4 Å². The van der Waals surface area contributed by atoms with E-state index >= 15 is 0 Å². The van der Waals surface area contributed by atoms with Crippen molar-refractivity contribution in [3.8, 4) is 0 Å². The van der Waals surface area contributed by atoms with Crippen LogP contribution in [-0.4, -0.2) is 13.1 Å². The van der Waals surface area contributed by atoms with Gasteiger partial charge in [0.2, 0.25) is 0 Å². The van der Waals surface area contributed by atoms with Crippen molar-refractivity contribution < 1.29 is 37.7 Å². The van der Waals surface area contributed by atoms with Crippen LogP contribution in [0.15, 0.2) is 0 Å². The topological polar surface area (TPSA) is 12.0 Å². The molecule has 1 aliphatic carbocycles. The molecule has 0 aliphatic heterocycles. The molecule has 0 unspecified atom stereocenters. The van der Waals surface area contributed by atoms with Crippen molar-refractivity contribution in [2.45, 2.75) is 38.1 Å². The van der Waals surface area contributed by atoms with Gasteiger partial charge in [-0.2, -0.15) is 0 Å². The average Bonchev–Trinajstić information content (AvgIpc) is 1.90. The minimum atomic E-state index is 0. The Hall–Kier alpha value is 1.22. The Morgan fingerprint density at radius 3 is 2.00 bits per heavy atom. The van der Waals surface area contributed by atoms with Crippen molar-refractivity contribution in [3.05, 3.63) is 0 Å². The third-order valence-corrected chi connectivity index (χ3v) is 2.01. The van der Waals surface area contributed by atoms with E-state index in [1.165, 1.54) is 32.1 Å². The van der Waals surface area contributed by atoms with Crippen molar-refractivity contribution in [2.75, 3.05) is 7.05 Å². The molecule has 0 aromatic heterocycles. The molecule has 2 heteroatoms. The Bertz CT molecular complexity index is 59.9. The number of rotatable bonds is 1. The number of nitrogens with one attached hydrogen (secondary N) is 1. The molecule has 0 radical (unpaired) electrons. The zero-order valence-electron chi connectivity index (χ0n) is 5.97. The van der Waals surface area contributed by atoms with Crippen molar-refractivity contribution >= 4 is 0 Å². The third kappa shape index (κ3) is 3.82. The van der Waals surface area contributed by atoms with E-state index in [1.807, 2.05) is 0 Å². The normalized spacial score (nSPS) is 21.0. The molecule has 56 valence electrons. The Kier molecular flexibility index (Phi) is 6.77. The summed E-state index contributed by atoms with van der Waals surface area (Å²) in [6.07, 6.45) is 7.13. The van der Waals surface area contributed by atoms with E-state index in [1.54, 1.807) is 0 Å². The van der Waals surface area contributed by atoms with Gasteiger partial charge in [-0.05, 0) is 19.9 Å². The standard InChI is InChI=1S/C7H15N.Ar/c1-8-7-5-3-2-4-6-7;/h7-8H,2-6H2,1H3;. The van der Waals surface area contributed by atoms with Crippen LogP contribution in [0.2, 0.25) is 0 Å². The molecule has 0 aromatic rings. The summed E-state index contributed by atoms with van der Waals surface area (Å²) in [7, 11) is 2.07. The van der Waals surface area contributed by atoms with Gasteiger partial charge in [-0.25, -0.2) is 0 Å². The maximum atomic E-state index is 3.30. The first kappa shape index (κ1) is 10.2. The fourth-order valence-electron chi connectivity index (χ4n) is 1.39. The maximum Gasteiger partial charge on any atom is 0.00640 e. The minimum absolute atomic E-state index is 0. The van der Waals surface area contributed by atoms with Crippen LogP contribution in [0.4, 0.5) is 0 Å². The predicted octanol–water partition coefficient (Wildman–Crippen LogP) is 1.54. The molecular weight excluding hydrogens is 138 g/mol. The van der Waals surface area contributed by atoms with Crippen LogP contribution in [0.25, 0.3) is 0 Å². The summed E-state index contributed by atoms with van der Waals surface area (Å²) in [5, 5.41) is 3.30. The van der Waals surface area contributed by atoms with Gasteiger partial charge in [0.15, 0.2) is 0 Å². The monoisotopic (exact) mass is 153 g/mol. The molecule has 1 rings (SSSR count). The van der Waals surface area contributed by atoms with Crippen molar-refractivity contribution in [1.82, 2.24) is 5.32 Å². The molecule has 1 nitrogen and oxygen atoms in total. The first-order valence-corrected chi connectivity index (χ1v) is 3.61. The van der Waals surface area contributed by atoms with Crippen LogP contribution in [0.5, 0.6) is 0 Å². The molecule has 0 atom stereocenters. The van der Waals surface area contributed by atoms with E-state index in [9.17, 15) is 0 Å². The largest absolute Gasteiger partial charge is 0.317 e. The van der Waals surface area contributed by atoms with Gasteiger partial charge in [0, 0.05) is 43.8 Å². The van der Waals surface area contributed by atoms with Crippen LogP contribution in [0.1, 0.15) is 32.1 Å². The SMILES string of the molecule is CNC1CCCCC1.[Ar]. The van der Waals surface area contributed by atoms with Crippen molar-refractivity contribution in [2.24, 2.45) is 0 Å². The third-order valence-electron chi connectivity index (χ3n) is 2.01. The van der Waals surface area contributed by atoms with Gasteiger partial charge in [-0.3, -0.25) is 0 Å². The molecule has 0 aromatic carbocycles. The second-order valence-electron chi connectivity index (χ2n) is 2.62. The molecule has 0 amide bonds. The fourth-order valence-corrected chi connectivity index (χ4v) is 1.39. The summed E-state index contributed by atoms with van der Waals surface area (Å²) < 4.78 is 0. The molecule has 1 fully saturated rings. The van der Waals surface area contributed by atoms with E-state index in [0.29, 0.717) is 0 Å². The molecule has 0 spiro atoms. The summed E-state index contributed by atoms with van der Waals surface area (Å²) in [4.78, 5) is 0. The van der Waals surface area contributed by atoms with Crippen LogP contribution in [0.3, 0.4) is 0 Å². The Labute approximate surface area is 87.6 Å². The summed E-state index contributed by atoms with van der Waals surface area (Å²) in [6, 6.07) is 0.837. The second-order valence-corrected chi connectivity index (χ2v) is 2.62. The molecular formula is C7H15ArN. The van der Waals surface area contributed by atoms with Gasteiger partial charge < -0.3 is 5.32 Å². The molecule has 1 N–H and O–H groups in total. The second kappa shape index (κ2) is 5.96. The van der Waals surface area contributed by atoms with Crippen LogP contribution >= 0.6 is 0 Å². The predicted molar refractivity (Wildman–Crippen MR) is 35.9 cm³/mol. The van der Waals surface area contributed by atoms with E-state index in [-0.39, 0.29) is 37.7 Å². The van der Waals surface area contributed by atoms with Gasteiger partial charge in [0.25, 0.3) is 0 Å². The molecule has 0 saturated heterocycles. The maximum absolute atomic E-state index is 3.30. The van der Waals surface area contributed by atoms with E-state index in [4.69, 9.17) is 0 Å². The molecule has 9 heavy (non-hydrogen) atoms. The van der Waals surface area contributed by atoms with Gasteiger partial charge in [-0.1, -0.05) is 19.3 Å². The summed E-state index contributed by atoms with van der Waals surface area (Å²) in [5.41, 5.74) is 0. The first-order valence-electron chi connectivity index (χ1n) is 3.61. The number of hydrogen-bond donors (Lipinski definition) is 1. The Morgan fingerprint density at radius 1 is 1.11 bits per heavy atom. The van der Waals surface area contributed by atoms with Gasteiger partial charge in [0.05, 0.1) is 0 Å². The van der Waals surface area contributed by atoms with Gasteiger partial charge >= 0.3 is 0 Å². The summed E-state index contributed by atoms with van der Waals surface area (Å²) in [5.74, 6) is 0. The molecule has 1 saturated carbocycles. The fraction of sp³-hybridized carbons (Fsp3) is 1.00. The zero-order valence-corrected chi connectivity index (χ0v) is 6.67. The molecule has 0 heterocycles. The van der Waals surface area contributed by atoms with E-state index in [0.717, 1.165) is 6.04 Å². The van der Waals surface area contributed by atoms with Crippen LogP contribution in [0, 0.1) is 37.7 Å². The van der Waals surface area contributed by atoms with E-state index < -0.39 is 0 Å². The Balaban J connectivity index is 0.000000640. The van der Waals surface area contributed by atoms with Crippen LogP contribution < -0.4 is 5.32 Å². The smallest absolute Gasteiger partial charge is 0.00640 e. The Morgan fingerprint density at radius 2 is 1.67 bits per heavy atom. The first-order chi connectivity index (χ1) is 3.93. The van der Waals surface area contributed by atoms with Crippen molar-refractivity contribution in [3.63, 3.8) is 0 Å². The minimum Gasteiger partial charge on any atom is -0.317 e. The zero-order chi connectivity index (χ0) is 5.82. The van der Waals surface area contributed by atoms with Gasteiger partial charge in [0.1, 0.15) is 0 Å². The summed E-state index contributed by atoms with van der Waals surface area (Å²) >= 11 is 0. The van der Waals surface area contributed by atoms with Crippen LogP contribution in [-0.2, 0) is 0 Å². The molecule has 1 aliphatic rings. The van der Waals surface area contributed by atoms with Gasteiger partial charge in [-0.15, -0.1) is 0 Å². The number of hydrogen-bond acceptors (Lipinski definition) is 1. The summed E-state index contributed by atoms with van der Waals surface area (Å²) in [6.45, 7) is 0.